The van der Waals surface area contributed by atoms with E-state index < -0.39 is 5.82 Å². The van der Waals surface area contributed by atoms with Gasteiger partial charge in [0.2, 0.25) is 5.91 Å². The predicted molar refractivity (Wildman–Crippen MR) is 118 cm³/mol. The number of halogens is 1. The standard InChI is InChI=1S/C23H30FN5O/c1-4-22(30)29-20-11-16(7-8-18(20)24)12-28-23-14(2)10-21(19-6-5-9-26-19)27-13-17(23)15(3)25/h5-9,11,14,21,25-28H,4,10,12-13H2,1-3H3,(H,29,30). The molecule has 0 bridgehead atoms. The number of rotatable bonds is 7. The van der Waals surface area contributed by atoms with Gasteiger partial charge in [-0.15, -0.1) is 0 Å². The second-order valence-electron chi connectivity index (χ2n) is 7.78. The van der Waals surface area contributed by atoms with Crippen LogP contribution in [0.25, 0.3) is 0 Å². The lowest BCUT2D eigenvalue weighted by molar-refractivity contribution is -0.115. The molecule has 0 radical (unpaired) electrons. The number of hydrogen-bond acceptors (Lipinski definition) is 4. The molecule has 0 saturated heterocycles. The minimum Gasteiger partial charge on any atom is -0.384 e. The van der Waals surface area contributed by atoms with Gasteiger partial charge in [0.05, 0.1) is 5.69 Å². The van der Waals surface area contributed by atoms with E-state index in [1.807, 2.05) is 12.3 Å². The number of nitrogens with one attached hydrogen (secondary N) is 5. The van der Waals surface area contributed by atoms with Gasteiger partial charge in [-0.2, -0.15) is 0 Å². The van der Waals surface area contributed by atoms with E-state index in [1.54, 1.807) is 26.0 Å². The molecule has 3 rings (SSSR count). The van der Waals surface area contributed by atoms with E-state index >= 15 is 0 Å². The van der Waals surface area contributed by atoms with E-state index in [9.17, 15) is 9.18 Å². The van der Waals surface area contributed by atoms with E-state index in [-0.39, 0.29) is 23.6 Å². The van der Waals surface area contributed by atoms with Gasteiger partial charge in [-0.1, -0.05) is 19.9 Å². The van der Waals surface area contributed by atoms with Crippen LogP contribution in [0.1, 0.15) is 50.9 Å². The summed E-state index contributed by atoms with van der Waals surface area (Å²) in [7, 11) is 0. The molecule has 0 aliphatic carbocycles. The van der Waals surface area contributed by atoms with Gasteiger partial charge in [0.15, 0.2) is 0 Å². The van der Waals surface area contributed by atoms with Crippen LogP contribution in [-0.2, 0) is 11.3 Å². The first-order valence-electron chi connectivity index (χ1n) is 10.4. The molecule has 0 fully saturated rings. The first-order valence-corrected chi connectivity index (χ1v) is 10.4. The second kappa shape index (κ2) is 9.71. The van der Waals surface area contributed by atoms with Crippen LogP contribution in [0, 0.1) is 17.1 Å². The first-order chi connectivity index (χ1) is 14.4. The van der Waals surface area contributed by atoms with Gasteiger partial charge in [0.1, 0.15) is 5.82 Å². The zero-order chi connectivity index (χ0) is 21.7. The highest BCUT2D eigenvalue weighted by atomic mass is 19.1. The maximum Gasteiger partial charge on any atom is 0.224 e. The molecule has 1 aliphatic heterocycles. The van der Waals surface area contributed by atoms with Crippen molar-refractivity contribution in [3.05, 3.63) is 64.9 Å². The van der Waals surface area contributed by atoms with Crippen LogP contribution in [0.5, 0.6) is 0 Å². The zero-order valence-electron chi connectivity index (χ0n) is 17.7. The average Bonchev–Trinajstić information content (AvgIpc) is 3.20. The van der Waals surface area contributed by atoms with E-state index in [0.29, 0.717) is 25.2 Å². The molecule has 6 nitrogen and oxygen atoms in total. The van der Waals surface area contributed by atoms with E-state index in [4.69, 9.17) is 5.41 Å². The fourth-order valence-corrected chi connectivity index (χ4v) is 3.80. The number of amides is 1. The summed E-state index contributed by atoms with van der Waals surface area (Å²) in [6, 6.07) is 9.00. The van der Waals surface area contributed by atoms with Crippen molar-refractivity contribution in [2.24, 2.45) is 5.92 Å². The van der Waals surface area contributed by atoms with Gasteiger partial charge >= 0.3 is 0 Å². The zero-order valence-corrected chi connectivity index (χ0v) is 17.7. The molecule has 5 N–H and O–H groups in total. The van der Waals surface area contributed by atoms with E-state index in [0.717, 1.165) is 28.9 Å². The van der Waals surface area contributed by atoms with Crippen LogP contribution < -0.4 is 16.0 Å². The lowest BCUT2D eigenvalue weighted by Crippen LogP contribution is -2.25. The number of hydrogen-bond donors (Lipinski definition) is 5. The van der Waals surface area contributed by atoms with Crippen LogP contribution in [-0.4, -0.2) is 23.1 Å². The number of benzene rings is 1. The molecule has 0 saturated carbocycles. The Bertz CT molecular complexity index is 935. The van der Waals surface area contributed by atoms with Crippen LogP contribution in [0.15, 0.2) is 47.8 Å². The summed E-state index contributed by atoms with van der Waals surface area (Å²) in [6.07, 6.45) is 3.11. The highest BCUT2D eigenvalue weighted by Gasteiger charge is 2.25. The summed E-state index contributed by atoms with van der Waals surface area (Å²) < 4.78 is 14.0. The molecule has 2 unspecified atom stereocenters. The molecule has 30 heavy (non-hydrogen) atoms. The molecule has 0 spiro atoms. The van der Waals surface area contributed by atoms with E-state index in [2.05, 4.69) is 33.9 Å². The molecule has 2 aromatic rings. The molecular formula is C23H30FN5O. The maximum atomic E-state index is 14.0. The Labute approximate surface area is 176 Å². The van der Waals surface area contributed by atoms with Crippen molar-refractivity contribution in [3.63, 3.8) is 0 Å². The van der Waals surface area contributed by atoms with Crippen molar-refractivity contribution in [2.45, 2.75) is 46.2 Å². The normalized spacial score (nSPS) is 19.3. The Balaban J connectivity index is 1.77. The van der Waals surface area contributed by atoms with Crippen LogP contribution in [0.2, 0.25) is 0 Å². The highest BCUT2D eigenvalue weighted by Crippen LogP contribution is 2.29. The fourth-order valence-electron chi connectivity index (χ4n) is 3.80. The Morgan fingerprint density at radius 3 is 2.80 bits per heavy atom. The number of anilines is 1. The third-order valence-corrected chi connectivity index (χ3v) is 5.49. The van der Waals surface area contributed by atoms with Crippen molar-refractivity contribution < 1.29 is 9.18 Å². The van der Waals surface area contributed by atoms with Gasteiger partial charge in [0, 0.05) is 54.4 Å². The number of aromatic nitrogens is 1. The predicted octanol–water partition coefficient (Wildman–Crippen LogP) is 4.26. The average molecular weight is 412 g/mol. The topological polar surface area (TPSA) is 92.8 Å². The largest absolute Gasteiger partial charge is 0.384 e. The monoisotopic (exact) mass is 411 g/mol. The maximum absolute atomic E-state index is 14.0. The lowest BCUT2D eigenvalue weighted by atomic mass is 9.94. The van der Waals surface area contributed by atoms with E-state index in [1.165, 1.54) is 6.07 Å². The lowest BCUT2D eigenvalue weighted by Gasteiger charge is -2.21. The van der Waals surface area contributed by atoms with Gasteiger partial charge < -0.3 is 26.3 Å². The van der Waals surface area contributed by atoms with Crippen LogP contribution in [0.4, 0.5) is 10.1 Å². The highest BCUT2D eigenvalue weighted by molar-refractivity contribution is 5.97. The number of H-pyrrole nitrogens is 1. The Morgan fingerprint density at radius 1 is 1.33 bits per heavy atom. The number of carbonyl (C=O) groups excluding carboxylic acids is 1. The Hall–Kier alpha value is -2.93. The molecule has 1 aliphatic rings. The minimum absolute atomic E-state index is 0.185. The summed E-state index contributed by atoms with van der Waals surface area (Å²) in [5, 5.41) is 17.9. The summed E-state index contributed by atoms with van der Waals surface area (Å²) in [6.45, 7) is 6.78. The van der Waals surface area contributed by atoms with Crippen molar-refractivity contribution >= 4 is 17.3 Å². The van der Waals surface area contributed by atoms with Crippen LogP contribution in [0.3, 0.4) is 0 Å². The molecular weight excluding hydrogens is 381 g/mol. The Morgan fingerprint density at radius 2 is 2.13 bits per heavy atom. The molecule has 160 valence electrons. The third kappa shape index (κ3) is 5.16. The quantitative estimate of drug-likeness (QED) is 0.441. The smallest absolute Gasteiger partial charge is 0.224 e. The molecule has 2 atom stereocenters. The van der Waals surface area contributed by atoms with Crippen molar-refractivity contribution in [1.29, 1.82) is 5.41 Å². The van der Waals surface area contributed by atoms with Gasteiger partial charge in [-0.25, -0.2) is 4.39 Å². The number of allylic oxidation sites excluding steroid dienone is 1. The SMILES string of the molecule is CCC(=O)Nc1cc(CNC2=C(C(C)=N)CNC(c3ccc[nH]3)CC2C)ccc1F. The van der Waals surface area contributed by atoms with Gasteiger partial charge in [-0.05, 0) is 49.1 Å². The summed E-state index contributed by atoms with van der Waals surface area (Å²) in [5.41, 5.74) is 4.72. The first kappa shape index (κ1) is 21.8. The summed E-state index contributed by atoms with van der Waals surface area (Å²) >= 11 is 0. The van der Waals surface area contributed by atoms with Crippen molar-refractivity contribution in [3.8, 4) is 0 Å². The van der Waals surface area contributed by atoms with Crippen LogP contribution >= 0.6 is 0 Å². The molecule has 1 aromatic heterocycles. The number of carbonyl (C=O) groups is 1. The summed E-state index contributed by atoms with van der Waals surface area (Å²) in [4.78, 5) is 14.9. The number of aromatic amines is 1. The molecule has 7 heteroatoms. The molecule has 2 heterocycles. The molecule has 1 aromatic carbocycles. The minimum atomic E-state index is -0.448. The van der Waals surface area contributed by atoms with Gasteiger partial charge in [-0.3, -0.25) is 4.79 Å². The van der Waals surface area contributed by atoms with Gasteiger partial charge in [0.25, 0.3) is 0 Å². The third-order valence-electron chi connectivity index (χ3n) is 5.49. The second-order valence-corrected chi connectivity index (χ2v) is 7.78. The summed E-state index contributed by atoms with van der Waals surface area (Å²) in [5.74, 6) is -0.456. The van der Waals surface area contributed by atoms with Crippen molar-refractivity contribution in [2.75, 3.05) is 11.9 Å². The molecule has 1 amide bonds. The van der Waals surface area contributed by atoms with Crippen molar-refractivity contribution in [1.82, 2.24) is 15.6 Å². The fraction of sp³-hybridized carbons (Fsp3) is 0.391. The Kier molecular flexibility index (Phi) is 7.05.